The number of hydrogen-bond acceptors (Lipinski definition) is 4. The maximum absolute atomic E-state index is 5.78. The second-order valence-corrected chi connectivity index (χ2v) is 8.91. The molecule has 4 rings (SSSR count). The highest BCUT2D eigenvalue weighted by atomic mass is 32.1. The molecule has 0 bridgehead atoms. The molecular weight excluding hydrogens is 414 g/mol. The molecule has 0 saturated heterocycles. The molecule has 0 radical (unpaired) electrons. The minimum absolute atomic E-state index is 0.766. The summed E-state index contributed by atoms with van der Waals surface area (Å²) in [7, 11) is 0. The molecule has 0 aliphatic rings. The number of aryl methyl sites for hydroxylation is 1. The first-order valence-corrected chi connectivity index (χ1v) is 12.0. The fourth-order valence-corrected chi connectivity index (χ4v) is 4.60. The minimum Gasteiger partial charge on any atom is -0.494 e. The van der Waals surface area contributed by atoms with Crippen LogP contribution in [-0.2, 0) is 6.54 Å². The maximum Gasteiger partial charge on any atom is 0.211 e. The van der Waals surface area contributed by atoms with Gasteiger partial charge in [-0.1, -0.05) is 67.5 Å². The summed E-state index contributed by atoms with van der Waals surface area (Å²) in [5, 5.41) is 8.97. The largest absolute Gasteiger partial charge is 0.494 e. The Morgan fingerprint density at radius 3 is 2.56 bits per heavy atom. The molecule has 32 heavy (non-hydrogen) atoms. The first-order chi connectivity index (χ1) is 15.7. The van der Waals surface area contributed by atoms with E-state index in [0.717, 1.165) is 35.7 Å². The van der Waals surface area contributed by atoms with E-state index < -0.39 is 0 Å². The lowest BCUT2D eigenvalue weighted by atomic mass is 10.2. The van der Waals surface area contributed by atoms with Crippen molar-refractivity contribution in [2.45, 2.75) is 39.7 Å². The van der Waals surface area contributed by atoms with Crippen LogP contribution in [0.1, 0.15) is 42.9 Å². The standard InChI is InChI=1S/C27H29N3OS/c1-3-4-8-17-31-24-14-12-22(13-15-24)19-28-29-27-30(20-23-9-6-5-7-10-23)25-16-11-21(2)18-26(25)32-27/h5-7,9-16,18-19H,3-4,8,17,20H2,1-2H3/b28-19-,29-27+. The summed E-state index contributed by atoms with van der Waals surface area (Å²) in [4.78, 5) is 0.890. The van der Waals surface area contributed by atoms with Crippen LogP contribution in [0.4, 0.5) is 0 Å². The van der Waals surface area contributed by atoms with Gasteiger partial charge in [-0.3, -0.25) is 0 Å². The number of benzene rings is 3. The molecule has 0 aliphatic carbocycles. The molecule has 3 aromatic carbocycles. The molecule has 0 saturated carbocycles. The van der Waals surface area contributed by atoms with Crippen molar-refractivity contribution in [3.63, 3.8) is 0 Å². The highest BCUT2D eigenvalue weighted by molar-refractivity contribution is 7.16. The fourth-order valence-electron chi connectivity index (χ4n) is 3.51. The van der Waals surface area contributed by atoms with E-state index in [-0.39, 0.29) is 0 Å². The topological polar surface area (TPSA) is 38.9 Å². The first-order valence-electron chi connectivity index (χ1n) is 11.2. The zero-order chi connectivity index (χ0) is 22.2. The number of unbranched alkanes of at least 4 members (excludes halogenated alkanes) is 2. The minimum atomic E-state index is 0.766. The number of fused-ring (bicyclic) bond motifs is 1. The van der Waals surface area contributed by atoms with Gasteiger partial charge in [0.05, 0.1) is 29.6 Å². The summed E-state index contributed by atoms with van der Waals surface area (Å²) in [6.07, 6.45) is 5.29. The summed E-state index contributed by atoms with van der Waals surface area (Å²) < 4.78 is 9.24. The van der Waals surface area contributed by atoms with Gasteiger partial charge in [0.1, 0.15) is 5.75 Å². The predicted octanol–water partition coefficient (Wildman–Crippen LogP) is 6.56. The Morgan fingerprint density at radius 2 is 1.78 bits per heavy atom. The van der Waals surface area contributed by atoms with E-state index in [9.17, 15) is 0 Å². The van der Waals surface area contributed by atoms with Crippen LogP contribution in [0.2, 0.25) is 0 Å². The van der Waals surface area contributed by atoms with Crippen molar-refractivity contribution < 1.29 is 4.74 Å². The quantitative estimate of drug-likeness (QED) is 0.164. The van der Waals surface area contributed by atoms with Crippen LogP contribution >= 0.6 is 11.3 Å². The normalized spacial score (nSPS) is 12.1. The molecule has 5 heteroatoms. The zero-order valence-electron chi connectivity index (χ0n) is 18.7. The van der Waals surface area contributed by atoms with E-state index in [0.29, 0.717) is 0 Å². The number of hydrogen-bond donors (Lipinski definition) is 0. The number of nitrogens with zero attached hydrogens (tertiary/aromatic N) is 3. The number of rotatable bonds is 9. The van der Waals surface area contributed by atoms with Crippen molar-refractivity contribution in [1.82, 2.24) is 4.57 Å². The van der Waals surface area contributed by atoms with Crippen molar-refractivity contribution >= 4 is 27.8 Å². The van der Waals surface area contributed by atoms with Crippen LogP contribution in [0.3, 0.4) is 0 Å². The lowest BCUT2D eigenvalue weighted by molar-refractivity contribution is 0.306. The smallest absolute Gasteiger partial charge is 0.211 e. The Labute approximate surface area is 193 Å². The van der Waals surface area contributed by atoms with Crippen LogP contribution in [0.25, 0.3) is 10.2 Å². The van der Waals surface area contributed by atoms with Gasteiger partial charge in [0.15, 0.2) is 0 Å². The number of aromatic nitrogens is 1. The molecule has 1 aromatic heterocycles. The van der Waals surface area contributed by atoms with Crippen molar-refractivity contribution in [1.29, 1.82) is 0 Å². The van der Waals surface area contributed by atoms with E-state index in [1.54, 1.807) is 17.6 Å². The van der Waals surface area contributed by atoms with Gasteiger partial charge in [-0.2, -0.15) is 5.10 Å². The van der Waals surface area contributed by atoms with Gasteiger partial charge in [-0.05, 0) is 66.4 Å². The van der Waals surface area contributed by atoms with Crippen molar-refractivity contribution in [2.24, 2.45) is 10.2 Å². The predicted molar refractivity (Wildman–Crippen MR) is 135 cm³/mol. The summed E-state index contributed by atoms with van der Waals surface area (Å²) in [5.41, 5.74) is 4.68. The van der Waals surface area contributed by atoms with E-state index in [1.165, 1.54) is 34.2 Å². The Kier molecular flexibility index (Phi) is 7.51. The average molecular weight is 444 g/mol. The Bertz CT molecular complexity index is 1240. The van der Waals surface area contributed by atoms with Gasteiger partial charge >= 0.3 is 0 Å². The first kappa shape index (κ1) is 22.0. The van der Waals surface area contributed by atoms with Crippen LogP contribution in [-0.4, -0.2) is 17.4 Å². The lowest BCUT2D eigenvalue weighted by Gasteiger charge is -2.05. The Hall–Kier alpha value is -3.18. The highest BCUT2D eigenvalue weighted by Crippen LogP contribution is 2.20. The maximum atomic E-state index is 5.78. The molecule has 164 valence electrons. The van der Waals surface area contributed by atoms with Gasteiger partial charge in [-0.25, -0.2) is 0 Å². The molecule has 4 aromatic rings. The summed E-state index contributed by atoms with van der Waals surface area (Å²) in [6.45, 7) is 5.85. The highest BCUT2D eigenvalue weighted by Gasteiger charge is 2.07. The molecule has 0 spiro atoms. The van der Waals surface area contributed by atoms with Crippen molar-refractivity contribution in [3.05, 3.63) is 94.3 Å². The monoisotopic (exact) mass is 443 g/mol. The molecule has 1 heterocycles. The summed E-state index contributed by atoms with van der Waals surface area (Å²) >= 11 is 1.67. The van der Waals surface area contributed by atoms with Gasteiger partial charge < -0.3 is 9.30 Å². The third-order valence-corrected chi connectivity index (χ3v) is 6.30. The van der Waals surface area contributed by atoms with E-state index in [1.807, 2.05) is 30.3 Å². The van der Waals surface area contributed by atoms with Crippen molar-refractivity contribution in [3.8, 4) is 5.75 Å². The number of thiazole rings is 1. The second-order valence-electron chi connectivity index (χ2n) is 7.90. The van der Waals surface area contributed by atoms with Gasteiger partial charge in [0, 0.05) is 0 Å². The SMILES string of the molecule is CCCCCOc1ccc(/C=N\N=c2\sc3cc(C)ccc3n2Cc2ccccc2)cc1. The van der Waals surface area contributed by atoms with E-state index >= 15 is 0 Å². The molecule has 0 amide bonds. The van der Waals surface area contributed by atoms with Crippen molar-refractivity contribution in [2.75, 3.05) is 6.61 Å². The Balaban J connectivity index is 1.55. The molecule has 0 fully saturated rings. The molecule has 0 N–H and O–H groups in total. The van der Waals surface area contributed by atoms with Gasteiger partial charge in [-0.15, -0.1) is 5.10 Å². The van der Waals surface area contributed by atoms with Crippen LogP contribution in [0.5, 0.6) is 5.75 Å². The lowest BCUT2D eigenvalue weighted by Crippen LogP contribution is -2.15. The third-order valence-electron chi connectivity index (χ3n) is 5.27. The number of ether oxygens (including phenoxy) is 1. The molecule has 4 nitrogen and oxygen atoms in total. The Morgan fingerprint density at radius 1 is 0.969 bits per heavy atom. The average Bonchev–Trinajstić information content (AvgIpc) is 3.14. The summed E-state index contributed by atoms with van der Waals surface area (Å²) in [6, 6.07) is 25.0. The third kappa shape index (κ3) is 5.74. The molecular formula is C27H29N3OS. The van der Waals surface area contributed by atoms with E-state index in [2.05, 4.69) is 71.1 Å². The van der Waals surface area contributed by atoms with Crippen LogP contribution in [0, 0.1) is 6.92 Å². The van der Waals surface area contributed by atoms with Crippen LogP contribution in [0.15, 0.2) is 83.0 Å². The molecule has 0 atom stereocenters. The van der Waals surface area contributed by atoms with Gasteiger partial charge in [0.2, 0.25) is 4.80 Å². The fraction of sp³-hybridized carbons (Fsp3) is 0.259. The molecule has 0 aliphatic heterocycles. The zero-order valence-corrected chi connectivity index (χ0v) is 19.5. The summed E-state index contributed by atoms with van der Waals surface area (Å²) in [5.74, 6) is 0.899. The van der Waals surface area contributed by atoms with Gasteiger partial charge in [0.25, 0.3) is 0 Å². The molecule has 0 unspecified atom stereocenters. The second kappa shape index (κ2) is 10.9. The van der Waals surface area contributed by atoms with Crippen LogP contribution < -0.4 is 9.54 Å². The van der Waals surface area contributed by atoms with E-state index in [4.69, 9.17) is 4.74 Å².